The molecule has 2 aliphatic rings. The van der Waals surface area contributed by atoms with Crippen LogP contribution in [0.1, 0.15) is 11.1 Å². The highest BCUT2D eigenvalue weighted by Gasteiger charge is 2.23. The largest absolute Gasteiger partial charge is 0.353 e. The first-order valence-electron chi connectivity index (χ1n) is 7.70. The SMILES string of the molecule is O=C(CN1CCSC1=O)NCCN1CCc2ccccc2C1. The summed E-state index contributed by atoms with van der Waals surface area (Å²) in [6.07, 6.45) is 1.07. The third-order valence-electron chi connectivity index (χ3n) is 4.14. The van der Waals surface area contributed by atoms with Crippen LogP contribution in [-0.4, -0.2) is 59.4 Å². The number of benzene rings is 1. The molecule has 1 fully saturated rings. The van der Waals surface area contributed by atoms with Crippen LogP contribution in [0.2, 0.25) is 0 Å². The van der Waals surface area contributed by atoms with Gasteiger partial charge in [0.2, 0.25) is 5.91 Å². The van der Waals surface area contributed by atoms with Crippen molar-refractivity contribution in [1.82, 2.24) is 15.1 Å². The summed E-state index contributed by atoms with van der Waals surface area (Å²) in [6, 6.07) is 8.54. The van der Waals surface area contributed by atoms with E-state index < -0.39 is 0 Å². The lowest BCUT2D eigenvalue weighted by Crippen LogP contribution is -2.41. The highest BCUT2D eigenvalue weighted by Crippen LogP contribution is 2.18. The summed E-state index contributed by atoms with van der Waals surface area (Å²) < 4.78 is 0. The van der Waals surface area contributed by atoms with Crippen LogP contribution in [-0.2, 0) is 17.8 Å². The first-order valence-corrected chi connectivity index (χ1v) is 8.68. The van der Waals surface area contributed by atoms with Gasteiger partial charge >= 0.3 is 0 Å². The fourth-order valence-corrected chi connectivity index (χ4v) is 3.72. The Labute approximate surface area is 135 Å². The smallest absolute Gasteiger partial charge is 0.282 e. The van der Waals surface area contributed by atoms with Gasteiger partial charge in [0.25, 0.3) is 5.24 Å². The number of amides is 2. The van der Waals surface area contributed by atoms with E-state index in [0.717, 1.165) is 31.8 Å². The van der Waals surface area contributed by atoms with Crippen molar-refractivity contribution in [3.05, 3.63) is 35.4 Å². The maximum absolute atomic E-state index is 11.9. The average Bonchev–Trinajstić information content (AvgIpc) is 2.92. The lowest BCUT2D eigenvalue weighted by molar-refractivity contribution is -0.121. The number of hydrogen-bond donors (Lipinski definition) is 1. The third kappa shape index (κ3) is 3.81. The topological polar surface area (TPSA) is 52.7 Å². The van der Waals surface area contributed by atoms with Gasteiger partial charge in [-0.05, 0) is 17.5 Å². The molecular weight excluding hydrogens is 298 g/mol. The number of rotatable bonds is 5. The number of hydrogen-bond acceptors (Lipinski definition) is 4. The van der Waals surface area contributed by atoms with Gasteiger partial charge in [-0.15, -0.1) is 0 Å². The zero-order valence-electron chi connectivity index (χ0n) is 12.6. The molecule has 0 radical (unpaired) electrons. The Morgan fingerprint density at radius 1 is 1.23 bits per heavy atom. The Morgan fingerprint density at radius 2 is 2.05 bits per heavy atom. The lowest BCUT2D eigenvalue weighted by Gasteiger charge is -2.28. The van der Waals surface area contributed by atoms with Crippen molar-refractivity contribution < 1.29 is 9.59 Å². The van der Waals surface area contributed by atoms with Gasteiger partial charge < -0.3 is 10.2 Å². The van der Waals surface area contributed by atoms with E-state index in [4.69, 9.17) is 0 Å². The highest BCUT2D eigenvalue weighted by molar-refractivity contribution is 8.13. The molecule has 0 bridgehead atoms. The molecule has 0 aromatic heterocycles. The van der Waals surface area contributed by atoms with Gasteiger partial charge in [-0.1, -0.05) is 36.0 Å². The van der Waals surface area contributed by atoms with Crippen molar-refractivity contribution in [1.29, 1.82) is 0 Å². The Hall–Kier alpha value is -1.53. The molecule has 1 aromatic rings. The number of nitrogens with one attached hydrogen (secondary N) is 1. The van der Waals surface area contributed by atoms with Gasteiger partial charge in [0.1, 0.15) is 6.54 Å². The fourth-order valence-electron chi connectivity index (χ4n) is 2.90. The summed E-state index contributed by atoms with van der Waals surface area (Å²) in [6.45, 7) is 4.34. The van der Waals surface area contributed by atoms with E-state index in [1.165, 1.54) is 22.9 Å². The van der Waals surface area contributed by atoms with E-state index in [9.17, 15) is 9.59 Å². The molecule has 1 N–H and O–H groups in total. The molecule has 5 nitrogen and oxygen atoms in total. The maximum atomic E-state index is 11.9. The van der Waals surface area contributed by atoms with Crippen molar-refractivity contribution in [3.8, 4) is 0 Å². The maximum Gasteiger partial charge on any atom is 0.282 e. The van der Waals surface area contributed by atoms with Gasteiger partial charge in [0.15, 0.2) is 0 Å². The Kier molecular flexibility index (Phi) is 5.00. The second-order valence-electron chi connectivity index (χ2n) is 5.68. The molecule has 2 aliphatic heterocycles. The summed E-state index contributed by atoms with van der Waals surface area (Å²) in [5.74, 6) is 0.729. The van der Waals surface area contributed by atoms with Crippen LogP contribution in [0.25, 0.3) is 0 Å². The van der Waals surface area contributed by atoms with E-state index in [-0.39, 0.29) is 17.7 Å². The summed E-state index contributed by atoms with van der Waals surface area (Å²) in [5.41, 5.74) is 2.83. The van der Waals surface area contributed by atoms with Crippen LogP contribution in [0.4, 0.5) is 4.79 Å². The molecular formula is C16H21N3O2S. The minimum Gasteiger partial charge on any atom is -0.353 e. The first-order chi connectivity index (χ1) is 10.7. The number of fused-ring (bicyclic) bond motifs is 1. The monoisotopic (exact) mass is 319 g/mol. The van der Waals surface area contributed by atoms with Crippen molar-refractivity contribution in [2.75, 3.05) is 38.5 Å². The quantitative estimate of drug-likeness (QED) is 0.890. The van der Waals surface area contributed by atoms with Crippen molar-refractivity contribution in [3.63, 3.8) is 0 Å². The summed E-state index contributed by atoms with van der Waals surface area (Å²) in [4.78, 5) is 27.3. The van der Waals surface area contributed by atoms with Crippen LogP contribution >= 0.6 is 11.8 Å². The molecule has 0 spiro atoms. The molecule has 118 valence electrons. The predicted molar refractivity (Wildman–Crippen MR) is 87.9 cm³/mol. The zero-order valence-corrected chi connectivity index (χ0v) is 13.4. The molecule has 1 saturated heterocycles. The summed E-state index contributed by atoms with van der Waals surface area (Å²) in [7, 11) is 0. The molecule has 0 saturated carbocycles. The molecule has 0 unspecified atom stereocenters. The van der Waals surface area contributed by atoms with Crippen LogP contribution < -0.4 is 5.32 Å². The third-order valence-corrected chi connectivity index (χ3v) is 5.03. The molecule has 0 atom stereocenters. The first kappa shape index (κ1) is 15.4. The minimum atomic E-state index is -0.0618. The second kappa shape index (κ2) is 7.15. The zero-order chi connectivity index (χ0) is 15.4. The second-order valence-corrected chi connectivity index (χ2v) is 6.73. The fraction of sp³-hybridized carbons (Fsp3) is 0.500. The van der Waals surface area contributed by atoms with Gasteiger partial charge in [-0.25, -0.2) is 0 Å². The molecule has 2 heterocycles. The van der Waals surface area contributed by atoms with Crippen molar-refractivity contribution >= 4 is 22.9 Å². The van der Waals surface area contributed by atoms with Crippen LogP contribution in [0.3, 0.4) is 0 Å². The number of nitrogens with zero attached hydrogens (tertiary/aromatic N) is 2. The molecule has 0 aliphatic carbocycles. The predicted octanol–water partition coefficient (Wildman–Crippen LogP) is 1.33. The van der Waals surface area contributed by atoms with Crippen molar-refractivity contribution in [2.45, 2.75) is 13.0 Å². The van der Waals surface area contributed by atoms with Gasteiger partial charge in [0.05, 0.1) is 0 Å². The van der Waals surface area contributed by atoms with Gasteiger partial charge in [-0.3, -0.25) is 14.5 Å². The Balaban J connectivity index is 1.38. The molecule has 2 amide bonds. The van der Waals surface area contributed by atoms with Crippen LogP contribution in [0.5, 0.6) is 0 Å². The lowest BCUT2D eigenvalue weighted by atomic mass is 10.00. The summed E-state index contributed by atoms with van der Waals surface area (Å²) >= 11 is 1.29. The Morgan fingerprint density at radius 3 is 2.82 bits per heavy atom. The standard InChI is InChI=1S/C16H21N3O2S/c20-15(12-19-9-10-22-16(19)21)17-6-8-18-7-5-13-3-1-2-4-14(13)11-18/h1-4H,5-12H2,(H,17,20). The molecule has 6 heteroatoms. The molecule has 22 heavy (non-hydrogen) atoms. The van der Waals surface area contributed by atoms with Gasteiger partial charge in [0, 0.05) is 38.5 Å². The molecule has 3 rings (SSSR count). The van der Waals surface area contributed by atoms with Gasteiger partial charge in [-0.2, -0.15) is 0 Å². The van der Waals surface area contributed by atoms with E-state index >= 15 is 0 Å². The number of carbonyl (C=O) groups is 2. The van der Waals surface area contributed by atoms with E-state index in [1.807, 2.05) is 0 Å². The number of carbonyl (C=O) groups excluding carboxylic acids is 2. The van der Waals surface area contributed by atoms with Crippen LogP contribution in [0, 0.1) is 0 Å². The van der Waals surface area contributed by atoms with Crippen molar-refractivity contribution in [2.24, 2.45) is 0 Å². The highest BCUT2D eigenvalue weighted by atomic mass is 32.2. The normalized spacial score (nSPS) is 18.4. The average molecular weight is 319 g/mol. The van der Waals surface area contributed by atoms with E-state index in [2.05, 4.69) is 34.5 Å². The summed E-state index contributed by atoms with van der Waals surface area (Å²) in [5, 5.41) is 2.93. The minimum absolute atomic E-state index is 0.0165. The number of thioether (sulfide) groups is 1. The Bertz CT molecular complexity index is 564. The molecule has 1 aromatic carbocycles. The van der Waals surface area contributed by atoms with E-state index in [0.29, 0.717) is 13.1 Å². The van der Waals surface area contributed by atoms with Crippen LogP contribution in [0.15, 0.2) is 24.3 Å². The van der Waals surface area contributed by atoms with E-state index in [1.54, 1.807) is 4.90 Å².